The van der Waals surface area contributed by atoms with Crippen molar-refractivity contribution in [2.24, 2.45) is 0 Å². The molecule has 1 aromatic carbocycles. The van der Waals surface area contributed by atoms with Gasteiger partial charge < -0.3 is 20.4 Å². The van der Waals surface area contributed by atoms with Crippen molar-refractivity contribution in [3.63, 3.8) is 0 Å². The highest BCUT2D eigenvalue weighted by molar-refractivity contribution is 5.71. The summed E-state index contributed by atoms with van der Waals surface area (Å²) in [5.74, 6) is 0.889. The average molecular weight is 275 g/mol. The van der Waals surface area contributed by atoms with Crippen molar-refractivity contribution in [1.82, 2.24) is 20.5 Å². The molecule has 1 saturated heterocycles. The van der Waals surface area contributed by atoms with E-state index in [1.54, 1.807) is 6.07 Å². The van der Waals surface area contributed by atoms with Gasteiger partial charge in [-0.25, -0.2) is 0 Å². The molecule has 0 radical (unpaired) electrons. The van der Waals surface area contributed by atoms with Crippen molar-refractivity contribution in [2.45, 2.75) is 13.0 Å². The number of aromatic amines is 1. The Morgan fingerprint density at radius 1 is 1.30 bits per heavy atom. The van der Waals surface area contributed by atoms with Gasteiger partial charge in [0.1, 0.15) is 17.1 Å². The first-order chi connectivity index (χ1) is 9.65. The Labute approximate surface area is 116 Å². The van der Waals surface area contributed by atoms with Gasteiger partial charge in [0.25, 0.3) is 0 Å². The Kier molecular flexibility index (Phi) is 3.19. The number of H-pyrrole nitrogens is 1. The second-order valence-electron chi connectivity index (χ2n) is 4.96. The lowest BCUT2D eigenvalue weighted by Crippen LogP contribution is -2.49. The van der Waals surface area contributed by atoms with Crippen LogP contribution in [-0.4, -0.2) is 51.1 Å². The lowest BCUT2D eigenvalue weighted by atomic mass is 10.1. The number of benzene rings is 1. The fourth-order valence-corrected chi connectivity index (χ4v) is 2.39. The third-order valence-corrected chi connectivity index (χ3v) is 3.38. The second kappa shape index (κ2) is 5.01. The molecule has 0 spiro atoms. The molecule has 0 aliphatic carbocycles. The van der Waals surface area contributed by atoms with Gasteiger partial charge in [-0.1, -0.05) is 6.07 Å². The van der Waals surface area contributed by atoms with Crippen LogP contribution in [0.4, 0.5) is 5.95 Å². The lowest BCUT2D eigenvalue weighted by Gasteiger charge is -2.30. The number of phenolic OH excluding ortho intramolecular Hbond substituents is 2. The van der Waals surface area contributed by atoms with Crippen LogP contribution < -0.4 is 10.2 Å². The van der Waals surface area contributed by atoms with Crippen molar-refractivity contribution >= 4 is 5.95 Å². The predicted octanol–water partition coefficient (Wildman–Crippen LogP) is 0.681. The molecule has 3 rings (SSSR count). The molecule has 2 aromatic rings. The number of aromatic nitrogens is 3. The highest BCUT2D eigenvalue weighted by Gasteiger charge is 2.21. The van der Waals surface area contributed by atoms with Gasteiger partial charge in [0.15, 0.2) is 5.82 Å². The van der Waals surface area contributed by atoms with Gasteiger partial charge in [-0.15, -0.1) is 5.10 Å². The molecule has 1 aromatic heterocycles. The Balaban J connectivity index is 1.90. The molecule has 0 amide bonds. The van der Waals surface area contributed by atoms with Gasteiger partial charge in [-0.3, -0.25) is 5.10 Å². The Morgan fingerprint density at radius 2 is 2.05 bits per heavy atom. The van der Waals surface area contributed by atoms with Crippen LogP contribution in [0.3, 0.4) is 0 Å². The van der Waals surface area contributed by atoms with E-state index < -0.39 is 0 Å². The maximum Gasteiger partial charge on any atom is 0.245 e. The lowest BCUT2D eigenvalue weighted by molar-refractivity contribution is 0.453. The number of nitrogens with zero attached hydrogens (tertiary/aromatic N) is 3. The number of hydrogen-bond acceptors (Lipinski definition) is 6. The van der Waals surface area contributed by atoms with Crippen molar-refractivity contribution in [3.8, 4) is 22.9 Å². The van der Waals surface area contributed by atoms with Crippen LogP contribution in [0.1, 0.15) is 6.92 Å². The van der Waals surface area contributed by atoms with E-state index in [9.17, 15) is 10.2 Å². The van der Waals surface area contributed by atoms with E-state index in [4.69, 9.17) is 0 Å². The van der Waals surface area contributed by atoms with Crippen LogP contribution in [0.2, 0.25) is 0 Å². The zero-order valence-electron chi connectivity index (χ0n) is 11.2. The van der Waals surface area contributed by atoms with E-state index >= 15 is 0 Å². The average Bonchev–Trinajstić information content (AvgIpc) is 2.88. The minimum Gasteiger partial charge on any atom is -0.507 e. The maximum atomic E-state index is 9.84. The molecule has 106 valence electrons. The van der Waals surface area contributed by atoms with E-state index in [0.29, 0.717) is 17.8 Å². The number of hydrogen-bond donors (Lipinski definition) is 4. The fourth-order valence-electron chi connectivity index (χ4n) is 2.39. The predicted molar refractivity (Wildman–Crippen MR) is 74.8 cm³/mol. The van der Waals surface area contributed by atoms with Crippen molar-refractivity contribution in [1.29, 1.82) is 0 Å². The molecule has 20 heavy (non-hydrogen) atoms. The Bertz CT molecular complexity index is 592. The maximum absolute atomic E-state index is 9.84. The SMILES string of the molecule is C[C@H]1CN(c2n[nH]c(-c3c(O)cccc3O)n2)CCN1. The molecule has 2 heterocycles. The topological polar surface area (TPSA) is 97.3 Å². The minimum atomic E-state index is -0.0265. The van der Waals surface area contributed by atoms with Crippen LogP contribution >= 0.6 is 0 Å². The largest absolute Gasteiger partial charge is 0.507 e. The van der Waals surface area contributed by atoms with Gasteiger partial charge in [0.2, 0.25) is 5.95 Å². The summed E-state index contributed by atoms with van der Waals surface area (Å²) >= 11 is 0. The minimum absolute atomic E-state index is 0.0265. The number of nitrogens with one attached hydrogen (secondary N) is 2. The monoisotopic (exact) mass is 275 g/mol. The van der Waals surface area contributed by atoms with Gasteiger partial charge >= 0.3 is 0 Å². The van der Waals surface area contributed by atoms with Gasteiger partial charge in [0, 0.05) is 25.7 Å². The van der Waals surface area contributed by atoms with Gasteiger partial charge in [-0.2, -0.15) is 4.98 Å². The summed E-state index contributed by atoms with van der Waals surface area (Å²) in [7, 11) is 0. The van der Waals surface area contributed by atoms with Crippen molar-refractivity contribution < 1.29 is 10.2 Å². The molecular weight excluding hydrogens is 258 g/mol. The summed E-state index contributed by atoms with van der Waals surface area (Å²) in [4.78, 5) is 6.44. The third-order valence-electron chi connectivity index (χ3n) is 3.38. The summed E-state index contributed by atoms with van der Waals surface area (Å²) in [5.41, 5.74) is 0.273. The van der Waals surface area contributed by atoms with Crippen LogP contribution in [0, 0.1) is 0 Å². The molecule has 0 saturated carbocycles. The summed E-state index contributed by atoms with van der Waals surface area (Å²) in [6.07, 6.45) is 0. The van der Waals surface area contributed by atoms with Crippen LogP contribution in [0.5, 0.6) is 11.5 Å². The highest BCUT2D eigenvalue weighted by Crippen LogP contribution is 2.35. The Hall–Kier alpha value is -2.28. The molecule has 7 nitrogen and oxygen atoms in total. The first-order valence-corrected chi connectivity index (χ1v) is 6.57. The highest BCUT2D eigenvalue weighted by atomic mass is 16.3. The first kappa shape index (κ1) is 12.7. The van der Waals surface area contributed by atoms with E-state index in [-0.39, 0.29) is 17.1 Å². The van der Waals surface area contributed by atoms with Crippen molar-refractivity contribution in [2.75, 3.05) is 24.5 Å². The summed E-state index contributed by atoms with van der Waals surface area (Å²) < 4.78 is 0. The van der Waals surface area contributed by atoms with Crippen LogP contribution in [0.15, 0.2) is 18.2 Å². The van der Waals surface area contributed by atoms with Crippen LogP contribution in [-0.2, 0) is 0 Å². The molecule has 1 atom stereocenters. The quantitative estimate of drug-likeness (QED) is 0.643. The number of rotatable bonds is 2. The summed E-state index contributed by atoms with van der Waals surface area (Å²) in [6, 6.07) is 4.96. The van der Waals surface area contributed by atoms with Gasteiger partial charge in [-0.05, 0) is 19.1 Å². The van der Waals surface area contributed by atoms with Gasteiger partial charge in [0.05, 0.1) is 0 Å². The second-order valence-corrected chi connectivity index (χ2v) is 4.96. The molecule has 0 unspecified atom stereocenters. The number of aromatic hydroxyl groups is 2. The Morgan fingerprint density at radius 3 is 2.75 bits per heavy atom. The van der Waals surface area contributed by atoms with E-state index in [1.165, 1.54) is 12.1 Å². The number of piperazine rings is 1. The number of phenols is 2. The van der Waals surface area contributed by atoms with Crippen molar-refractivity contribution in [3.05, 3.63) is 18.2 Å². The third kappa shape index (κ3) is 2.27. The molecule has 1 aliphatic rings. The fraction of sp³-hybridized carbons (Fsp3) is 0.385. The van der Waals surface area contributed by atoms with E-state index in [2.05, 4.69) is 32.3 Å². The molecule has 7 heteroatoms. The van der Waals surface area contributed by atoms with E-state index in [0.717, 1.165) is 19.6 Å². The smallest absolute Gasteiger partial charge is 0.245 e. The first-order valence-electron chi connectivity index (χ1n) is 6.57. The number of anilines is 1. The molecule has 4 N–H and O–H groups in total. The van der Waals surface area contributed by atoms with Crippen LogP contribution in [0.25, 0.3) is 11.4 Å². The van der Waals surface area contributed by atoms with E-state index in [1.807, 2.05) is 0 Å². The summed E-state index contributed by atoms with van der Waals surface area (Å²) in [6.45, 7) is 4.64. The standard InChI is InChI=1S/C13H17N5O2/c1-8-7-18(6-5-14-8)13-15-12(16-17-13)11-9(19)3-2-4-10(11)20/h2-4,8,14,19-20H,5-7H2,1H3,(H,15,16,17)/t8-/m0/s1. The zero-order valence-corrected chi connectivity index (χ0v) is 11.2. The molecule has 1 fully saturated rings. The molecule has 1 aliphatic heterocycles. The zero-order chi connectivity index (χ0) is 14.1. The molecule has 0 bridgehead atoms. The summed E-state index contributed by atoms with van der Waals surface area (Å²) in [5, 5.41) is 30.0. The normalized spacial score (nSPS) is 19.2. The molecular formula is C13H17N5O2.